The van der Waals surface area contributed by atoms with Gasteiger partial charge in [0, 0.05) is 10.6 Å². The van der Waals surface area contributed by atoms with Crippen molar-refractivity contribution < 1.29 is 23.1 Å². The van der Waals surface area contributed by atoms with Crippen molar-refractivity contribution in [2.24, 2.45) is 0 Å². The van der Waals surface area contributed by atoms with Gasteiger partial charge in [-0.25, -0.2) is 8.42 Å². The number of hydrogen-bond acceptors (Lipinski definition) is 7. The van der Waals surface area contributed by atoms with Crippen LogP contribution in [-0.4, -0.2) is 32.3 Å². The van der Waals surface area contributed by atoms with Gasteiger partial charge >= 0.3 is 0 Å². The summed E-state index contributed by atoms with van der Waals surface area (Å²) in [6.07, 6.45) is 0. The van der Waals surface area contributed by atoms with Crippen LogP contribution in [0.5, 0.6) is 11.5 Å². The number of rotatable bonds is 9. The number of nitrogens with one attached hydrogen (secondary N) is 2. The van der Waals surface area contributed by atoms with Crippen LogP contribution in [0.3, 0.4) is 0 Å². The number of halogens is 1. The van der Waals surface area contributed by atoms with Gasteiger partial charge in [0.15, 0.2) is 0 Å². The number of anilines is 2. The summed E-state index contributed by atoms with van der Waals surface area (Å²) in [4.78, 5) is 13.2. The van der Waals surface area contributed by atoms with Crippen LogP contribution >= 0.6 is 34.7 Å². The lowest BCUT2D eigenvalue weighted by Gasteiger charge is -2.13. The molecular weight excluding hydrogens is 480 g/mol. The van der Waals surface area contributed by atoms with Crippen molar-refractivity contribution in [1.82, 2.24) is 0 Å². The van der Waals surface area contributed by atoms with E-state index >= 15 is 0 Å². The molecule has 3 aromatic rings. The van der Waals surface area contributed by atoms with Crippen molar-refractivity contribution in [3.8, 4) is 11.5 Å². The van der Waals surface area contributed by atoms with Gasteiger partial charge in [0.25, 0.3) is 10.0 Å². The summed E-state index contributed by atoms with van der Waals surface area (Å²) in [7, 11) is -2.54. The van der Waals surface area contributed by atoms with E-state index in [9.17, 15) is 18.3 Å². The van der Waals surface area contributed by atoms with E-state index < -0.39 is 10.0 Å². The number of thiophene rings is 1. The van der Waals surface area contributed by atoms with E-state index in [2.05, 4.69) is 10.0 Å². The molecule has 0 atom stereocenters. The van der Waals surface area contributed by atoms with E-state index in [1.807, 2.05) is 6.07 Å². The highest BCUT2D eigenvalue weighted by molar-refractivity contribution is 7.99. The molecule has 0 aliphatic heterocycles. The van der Waals surface area contributed by atoms with Crippen LogP contribution in [0, 0.1) is 0 Å². The van der Waals surface area contributed by atoms with Crippen LogP contribution in [0.1, 0.15) is 4.88 Å². The first-order valence-corrected chi connectivity index (χ1v) is 12.7. The fourth-order valence-electron chi connectivity index (χ4n) is 2.57. The van der Waals surface area contributed by atoms with Crippen LogP contribution < -0.4 is 14.8 Å². The second-order valence-electron chi connectivity index (χ2n) is 6.23. The molecule has 7 nitrogen and oxygen atoms in total. The van der Waals surface area contributed by atoms with Crippen molar-refractivity contribution in [2.45, 2.75) is 10.6 Å². The number of carbonyl (C=O) groups is 1. The molecule has 3 N–H and O–H groups in total. The van der Waals surface area contributed by atoms with Gasteiger partial charge in [0.1, 0.15) is 11.5 Å². The summed E-state index contributed by atoms with van der Waals surface area (Å²) in [6, 6.07) is 13.9. The largest absolute Gasteiger partial charge is 0.506 e. The lowest BCUT2D eigenvalue weighted by molar-refractivity contribution is -0.113. The Morgan fingerprint density at radius 1 is 1.16 bits per heavy atom. The third kappa shape index (κ3) is 6.30. The Morgan fingerprint density at radius 2 is 1.94 bits per heavy atom. The molecule has 1 aromatic heterocycles. The molecule has 31 heavy (non-hydrogen) atoms. The molecule has 0 radical (unpaired) electrons. The van der Waals surface area contributed by atoms with Gasteiger partial charge in [-0.2, -0.15) is 0 Å². The van der Waals surface area contributed by atoms with Gasteiger partial charge in [-0.05, 0) is 42.5 Å². The van der Waals surface area contributed by atoms with Crippen molar-refractivity contribution >= 4 is 62.0 Å². The lowest BCUT2D eigenvalue weighted by atomic mass is 10.3. The highest BCUT2D eigenvalue weighted by atomic mass is 35.5. The summed E-state index contributed by atoms with van der Waals surface area (Å²) in [5, 5.41) is 12.6. The fraction of sp³-hybridized carbons (Fsp3) is 0.150. The average molecular weight is 499 g/mol. The fourth-order valence-corrected chi connectivity index (χ4v) is 5.70. The SMILES string of the molecule is COc1ccccc1NS(=O)(=O)c1ccc(O)c(NC(=O)CSCc2ccc(Cl)s2)c1. The number of carbonyl (C=O) groups excluding carboxylic acids is 1. The zero-order valence-electron chi connectivity index (χ0n) is 16.3. The van der Waals surface area contributed by atoms with E-state index in [-0.39, 0.29) is 33.7 Å². The standard InChI is InChI=1S/C20H19ClN2O5S3/c1-28-18-5-3-2-4-15(18)23-31(26,27)14-7-8-17(24)16(10-14)22-20(25)12-29-11-13-6-9-19(21)30-13/h2-10,23-24H,11-12H2,1H3,(H,22,25). The molecule has 0 aliphatic carbocycles. The Hall–Kier alpha value is -2.40. The zero-order valence-corrected chi connectivity index (χ0v) is 19.5. The molecule has 2 aromatic carbocycles. The quantitative estimate of drug-likeness (QED) is 0.366. The van der Waals surface area contributed by atoms with Crippen molar-refractivity contribution in [1.29, 1.82) is 0 Å². The third-order valence-electron chi connectivity index (χ3n) is 4.01. The monoisotopic (exact) mass is 498 g/mol. The first kappa shape index (κ1) is 23.3. The Kier molecular flexibility index (Phi) is 7.71. The minimum atomic E-state index is -3.98. The normalized spacial score (nSPS) is 11.2. The summed E-state index contributed by atoms with van der Waals surface area (Å²) in [5.41, 5.74) is 0.279. The molecule has 0 aliphatic rings. The minimum absolute atomic E-state index is 0.00710. The second-order valence-corrected chi connectivity index (χ2v) is 10.7. The summed E-state index contributed by atoms with van der Waals surface area (Å²) < 4.78 is 33.8. The van der Waals surface area contributed by atoms with E-state index in [1.165, 1.54) is 48.4 Å². The molecule has 0 bridgehead atoms. The van der Waals surface area contributed by atoms with Gasteiger partial charge in [-0.1, -0.05) is 23.7 Å². The molecule has 0 saturated heterocycles. The highest BCUT2D eigenvalue weighted by Crippen LogP contribution is 2.30. The van der Waals surface area contributed by atoms with Gasteiger partial charge < -0.3 is 15.2 Å². The molecule has 1 amide bonds. The number of benzene rings is 2. The smallest absolute Gasteiger partial charge is 0.262 e. The predicted molar refractivity (Wildman–Crippen MR) is 126 cm³/mol. The molecule has 3 rings (SSSR count). The number of methoxy groups -OCH3 is 1. The molecular formula is C20H19ClN2O5S3. The Morgan fingerprint density at radius 3 is 2.65 bits per heavy atom. The summed E-state index contributed by atoms with van der Waals surface area (Å²) >= 11 is 8.71. The first-order valence-electron chi connectivity index (χ1n) is 8.89. The van der Waals surface area contributed by atoms with Crippen molar-refractivity contribution in [2.75, 3.05) is 22.9 Å². The lowest BCUT2D eigenvalue weighted by Crippen LogP contribution is -2.16. The van der Waals surface area contributed by atoms with Crippen LogP contribution in [0.2, 0.25) is 4.34 Å². The molecule has 11 heteroatoms. The van der Waals surface area contributed by atoms with Gasteiger partial charge in [0.05, 0.1) is 33.5 Å². The van der Waals surface area contributed by atoms with Gasteiger partial charge in [-0.3, -0.25) is 9.52 Å². The van der Waals surface area contributed by atoms with Crippen molar-refractivity contribution in [3.05, 3.63) is 63.8 Å². The highest BCUT2D eigenvalue weighted by Gasteiger charge is 2.19. The Balaban J connectivity index is 1.68. The number of para-hydroxylation sites is 2. The number of aromatic hydroxyl groups is 1. The maximum absolute atomic E-state index is 12.8. The predicted octanol–water partition coefficient (Wildman–Crippen LogP) is 4.79. The molecule has 0 saturated carbocycles. The average Bonchev–Trinajstić information content (AvgIpc) is 3.14. The number of amides is 1. The first-order chi connectivity index (χ1) is 14.8. The van der Waals surface area contributed by atoms with Crippen LogP contribution in [0.4, 0.5) is 11.4 Å². The van der Waals surface area contributed by atoms with E-state index in [1.54, 1.807) is 30.3 Å². The molecule has 164 valence electrons. The maximum Gasteiger partial charge on any atom is 0.262 e. The number of phenolic OH excluding ortho intramolecular Hbond substituents is 1. The number of thioether (sulfide) groups is 1. The zero-order chi connectivity index (χ0) is 22.4. The Bertz CT molecular complexity index is 1180. The topological polar surface area (TPSA) is 105 Å². The summed E-state index contributed by atoms with van der Waals surface area (Å²) in [5.74, 6) is 0.511. The van der Waals surface area contributed by atoms with E-state index in [4.69, 9.17) is 16.3 Å². The van der Waals surface area contributed by atoms with E-state index in [0.717, 1.165) is 4.88 Å². The number of sulfonamides is 1. The number of phenols is 1. The molecule has 0 spiro atoms. The molecule has 0 fully saturated rings. The number of hydrogen-bond donors (Lipinski definition) is 3. The van der Waals surface area contributed by atoms with Crippen LogP contribution in [0.25, 0.3) is 0 Å². The van der Waals surface area contributed by atoms with Crippen LogP contribution in [-0.2, 0) is 20.6 Å². The van der Waals surface area contributed by atoms with Gasteiger partial charge in [-0.15, -0.1) is 23.1 Å². The number of ether oxygens (including phenoxy) is 1. The van der Waals surface area contributed by atoms with E-state index in [0.29, 0.717) is 15.8 Å². The van der Waals surface area contributed by atoms with Crippen molar-refractivity contribution in [3.63, 3.8) is 0 Å². The molecule has 1 heterocycles. The third-order valence-corrected chi connectivity index (χ3v) is 7.77. The Labute approximate surface area is 193 Å². The molecule has 0 unspecified atom stereocenters. The summed E-state index contributed by atoms with van der Waals surface area (Å²) in [6.45, 7) is 0. The second kappa shape index (κ2) is 10.3. The minimum Gasteiger partial charge on any atom is -0.506 e. The van der Waals surface area contributed by atoms with Gasteiger partial charge in [0.2, 0.25) is 5.91 Å². The van der Waals surface area contributed by atoms with Crippen LogP contribution in [0.15, 0.2) is 59.5 Å². The maximum atomic E-state index is 12.8.